The number of hydrogen-bond donors (Lipinski definition) is 1. The van der Waals surface area contributed by atoms with Crippen LogP contribution < -0.4 is 10.1 Å². The van der Waals surface area contributed by atoms with Crippen LogP contribution in [0.4, 0.5) is 15.3 Å². The van der Waals surface area contributed by atoms with Gasteiger partial charge in [0.25, 0.3) is 0 Å². The number of methoxy groups -OCH3 is 1. The first-order valence-corrected chi connectivity index (χ1v) is 11.3. The van der Waals surface area contributed by atoms with E-state index in [1.165, 1.54) is 5.56 Å². The molecule has 2 aromatic carbocycles. The zero-order valence-corrected chi connectivity index (χ0v) is 19.3. The Morgan fingerprint density at radius 3 is 2.62 bits per heavy atom. The van der Waals surface area contributed by atoms with Gasteiger partial charge in [-0.25, -0.2) is 9.59 Å². The number of urea groups is 2. The minimum absolute atomic E-state index is 0.0954. The monoisotopic (exact) mass is 456 g/mol. The number of aryl methyl sites for hydroxylation is 1. The van der Waals surface area contributed by atoms with Crippen LogP contribution in [0.5, 0.6) is 5.75 Å². The van der Waals surface area contributed by atoms with Gasteiger partial charge in [-0.15, -0.1) is 0 Å². The van der Waals surface area contributed by atoms with Crippen LogP contribution in [0.25, 0.3) is 0 Å². The molecule has 7 nitrogen and oxygen atoms in total. The molecule has 4 rings (SSSR count). The quantitative estimate of drug-likeness (QED) is 0.715. The van der Waals surface area contributed by atoms with Gasteiger partial charge in [0.15, 0.2) is 0 Å². The van der Waals surface area contributed by atoms with Crippen LogP contribution in [0.15, 0.2) is 42.5 Å². The Morgan fingerprint density at radius 1 is 1.12 bits per heavy atom. The normalized spacial score (nSPS) is 17.1. The fraction of sp³-hybridized carbons (Fsp3) is 0.417. The highest BCUT2D eigenvalue weighted by Gasteiger charge is 2.36. The summed E-state index contributed by atoms with van der Waals surface area (Å²) in [6.45, 7) is 5.37. The van der Waals surface area contributed by atoms with E-state index in [-0.39, 0.29) is 18.1 Å². The summed E-state index contributed by atoms with van der Waals surface area (Å²) in [4.78, 5) is 31.4. The van der Waals surface area contributed by atoms with Crippen molar-refractivity contribution in [2.24, 2.45) is 0 Å². The van der Waals surface area contributed by atoms with Crippen LogP contribution in [0.3, 0.4) is 0 Å². The molecule has 1 N–H and O–H groups in total. The Bertz CT molecular complexity index is 991. The number of rotatable bonds is 5. The van der Waals surface area contributed by atoms with Crippen molar-refractivity contribution in [3.05, 3.63) is 58.6 Å². The second-order valence-corrected chi connectivity index (χ2v) is 8.82. The van der Waals surface area contributed by atoms with Crippen LogP contribution in [-0.4, -0.2) is 66.1 Å². The van der Waals surface area contributed by atoms with Crippen molar-refractivity contribution < 1.29 is 14.3 Å². The second kappa shape index (κ2) is 9.69. The number of ether oxygens (including phenoxy) is 1. The van der Waals surface area contributed by atoms with Gasteiger partial charge in [-0.1, -0.05) is 41.4 Å². The summed E-state index contributed by atoms with van der Waals surface area (Å²) in [7, 11) is 1.56. The van der Waals surface area contributed by atoms with E-state index in [0.717, 1.165) is 31.5 Å². The molecular weight excluding hydrogens is 428 g/mol. The molecule has 0 aliphatic carbocycles. The predicted molar refractivity (Wildman–Crippen MR) is 125 cm³/mol. The number of likely N-dealkylation sites (tertiary alicyclic amines) is 1. The van der Waals surface area contributed by atoms with Crippen LogP contribution >= 0.6 is 11.6 Å². The SMILES string of the molecule is COc1ccc(Cl)cc1NC(=O)N1CCC(N2CCN(Cc3cccc(C)c3)C2=O)CC1. The number of piperidine rings is 1. The summed E-state index contributed by atoms with van der Waals surface area (Å²) in [6.07, 6.45) is 1.54. The summed E-state index contributed by atoms with van der Waals surface area (Å²) in [6, 6.07) is 13.5. The Morgan fingerprint density at radius 2 is 1.91 bits per heavy atom. The van der Waals surface area contributed by atoms with Gasteiger partial charge in [-0.05, 0) is 43.5 Å². The molecule has 0 spiro atoms. The van der Waals surface area contributed by atoms with E-state index in [1.54, 1.807) is 30.2 Å². The van der Waals surface area contributed by atoms with Gasteiger partial charge in [-0.3, -0.25) is 0 Å². The van der Waals surface area contributed by atoms with E-state index in [2.05, 4.69) is 30.4 Å². The Hall–Kier alpha value is -2.93. The zero-order chi connectivity index (χ0) is 22.7. The van der Waals surface area contributed by atoms with Gasteiger partial charge >= 0.3 is 12.1 Å². The molecule has 32 heavy (non-hydrogen) atoms. The number of carbonyl (C=O) groups is 2. The number of anilines is 1. The molecule has 0 atom stereocenters. The maximum absolute atomic E-state index is 13.0. The summed E-state index contributed by atoms with van der Waals surface area (Å²) < 4.78 is 5.30. The Balaban J connectivity index is 1.30. The molecular formula is C24H29ClN4O3. The number of halogens is 1. The Labute approximate surface area is 193 Å². The van der Waals surface area contributed by atoms with Crippen molar-refractivity contribution in [2.75, 3.05) is 38.6 Å². The lowest BCUT2D eigenvalue weighted by Crippen LogP contribution is -2.49. The molecule has 4 amide bonds. The lowest BCUT2D eigenvalue weighted by molar-refractivity contribution is 0.139. The topological polar surface area (TPSA) is 65.1 Å². The summed E-state index contributed by atoms with van der Waals surface area (Å²) in [5.74, 6) is 0.564. The van der Waals surface area contributed by atoms with E-state index in [9.17, 15) is 9.59 Å². The van der Waals surface area contributed by atoms with Crippen molar-refractivity contribution in [3.63, 3.8) is 0 Å². The third-order valence-electron chi connectivity index (χ3n) is 6.18. The molecule has 8 heteroatoms. The molecule has 2 heterocycles. The van der Waals surface area contributed by atoms with E-state index >= 15 is 0 Å². The average molecular weight is 457 g/mol. The van der Waals surface area contributed by atoms with Crippen LogP contribution in [0.2, 0.25) is 5.02 Å². The van der Waals surface area contributed by atoms with E-state index < -0.39 is 0 Å². The second-order valence-electron chi connectivity index (χ2n) is 8.38. The molecule has 2 saturated heterocycles. The van der Waals surface area contributed by atoms with Crippen molar-refractivity contribution in [2.45, 2.75) is 32.4 Å². The summed E-state index contributed by atoms with van der Waals surface area (Å²) in [5, 5.41) is 3.42. The lowest BCUT2D eigenvalue weighted by atomic mass is 10.0. The van der Waals surface area contributed by atoms with E-state index in [4.69, 9.17) is 16.3 Å². The summed E-state index contributed by atoms with van der Waals surface area (Å²) in [5.41, 5.74) is 2.91. The number of nitrogens with one attached hydrogen (secondary N) is 1. The predicted octanol–water partition coefficient (Wildman–Crippen LogP) is 4.59. The largest absolute Gasteiger partial charge is 0.495 e. The van der Waals surface area contributed by atoms with Gasteiger partial charge in [-0.2, -0.15) is 0 Å². The highest BCUT2D eigenvalue weighted by molar-refractivity contribution is 6.31. The molecule has 170 valence electrons. The first kappa shape index (κ1) is 22.3. The van der Waals surface area contributed by atoms with Crippen molar-refractivity contribution in [3.8, 4) is 5.75 Å². The van der Waals surface area contributed by atoms with E-state index in [0.29, 0.717) is 36.1 Å². The zero-order valence-electron chi connectivity index (χ0n) is 18.5. The molecule has 2 aromatic rings. The lowest BCUT2D eigenvalue weighted by Gasteiger charge is -2.36. The molecule has 0 unspecified atom stereocenters. The highest BCUT2D eigenvalue weighted by Crippen LogP contribution is 2.29. The fourth-order valence-corrected chi connectivity index (χ4v) is 4.64. The minimum Gasteiger partial charge on any atom is -0.495 e. The van der Waals surface area contributed by atoms with Gasteiger partial charge in [0.2, 0.25) is 0 Å². The van der Waals surface area contributed by atoms with Gasteiger partial charge in [0.1, 0.15) is 5.75 Å². The molecule has 0 aromatic heterocycles. The molecule has 0 radical (unpaired) electrons. The average Bonchev–Trinajstić information content (AvgIpc) is 3.14. The first-order chi connectivity index (χ1) is 15.4. The maximum Gasteiger partial charge on any atom is 0.321 e. The van der Waals surface area contributed by atoms with Crippen molar-refractivity contribution in [1.29, 1.82) is 0 Å². The third kappa shape index (κ3) is 4.93. The summed E-state index contributed by atoms with van der Waals surface area (Å²) >= 11 is 6.06. The highest BCUT2D eigenvalue weighted by atomic mass is 35.5. The van der Waals surface area contributed by atoms with Crippen LogP contribution in [0.1, 0.15) is 24.0 Å². The maximum atomic E-state index is 13.0. The van der Waals surface area contributed by atoms with Crippen molar-refractivity contribution in [1.82, 2.24) is 14.7 Å². The number of nitrogens with zero attached hydrogens (tertiary/aromatic N) is 3. The van der Waals surface area contributed by atoms with E-state index in [1.807, 2.05) is 15.9 Å². The fourth-order valence-electron chi connectivity index (χ4n) is 4.47. The molecule has 2 aliphatic rings. The van der Waals surface area contributed by atoms with Gasteiger partial charge in [0.05, 0.1) is 12.8 Å². The third-order valence-corrected chi connectivity index (χ3v) is 6.41. The number of hydrogen-bond acceptors (Lipinski definition) is 3. The molecule has 0 bridgehead atoms. The van der Waals surface area contributed by atoms with Crippen LogP contribution in [-0.2, 0) is 6.54 Å². The number of benzene rings is 2. The Kier molecular flexibility index (Phi) is 6.74. The molecule has 0 saturated carbocycles. The molecule has 2 aliphatic heterocycles. The first-order valence-electron chi connectivity index (χ1n) is 10.9. The van der Waals surface area contributed by atoms with Gasteiger partial charge < -0.3 is 24.8 Å². The minimum atomic E-state index is -0.183. The number of carbonyl (C=O) groups excluding carboxylic acids is 2. The van der Waals surface area contributed by atoms with Gasteiger partial charge in [0, 0.05) is 43.8 Å². The molecule has 2 fully saturated rings. The number of amides is 4. The smallest absolute Gasteiger partial charge is 0.321 e. The standard InChI is InChI=1S/C24H29ClN4O3/c1-17-4-3-5-18(14-17)16-28-12-13-29(24(28)31)20-8-10-27(11-9-20)23(30)26-21-15-19(25)6-7-22(21)32-2/h3-7,14-15,20H,8-13,16H2,1-2H3,(H,26,30). The van der Waals surface area contributed by atoms with Crippen molar-refractivity contribution >= 4 is 29.4 Å². The van der Waals surface area contributed by atoms with Crippen LogP contribution in [0, 0.1) is 6.92 Å².